The van der Waals surface area contributed by atoms with E-state index >= 15 is 0 Å². The van der Waals surface area contributed by atoms with Crippen LogP contribution < -0.4 is 4.90 Å². The van der Waals surface area contributed by atoms with Crippen molar-refractivity contribution < 1.29 is 0 Å². The largest absolute Gasteiger partial charge is 0.310 e. The quantitative estimate of drug-likeness (QED) is 0.138. The van der Waals surface area contributed by atoms with Gasteiger partial charge in [0.2, 0.25) is 0 Å². The Morgan fingerprint density at radius 3 is 1.20 bits per heavy atom. The van der Waals surface area contributed by atoms with E-state index in [2.05, 4.69) is 266 Å². The highest BCUT2D eigenvalue weighted by molar-refractivity contribution is 6.22. The first kappa shape index (κ1) is 38.2. The first-order valence-electron chi connectivity index (χ1n) is 22.4. The van der Waals surface area contributed by atoms with Crippen molar-refractivity contribution in [1.82, 2.24) is 0 Å². The summed E-state index contributed by atoms with van der Waals surface area (Å²) in [6.07, 6.45) is 0. The van der Waals surface area contributed by atoms with Crippen LogP contribution in [0.25, 0.3) is 98.7 Å². The van der Waals surface area contributed by atoms with Crippen molar-refractivity contribution in [2.75, 3.05) is 4.90 Å². The Labute approximate surface area is 379 Å². The lowest BCUT2D eigenvalue weighted by atomic mass is 9.85. The molecule has 65 heavy (non-hydrogen) atoms. The first-order valence-corrected chi connectivity index (χ1v) is 22.4. The molecule has 0 aromatic heterocycles. The number of benzene rings is 12. The average molecular weight is 826 g/mol. The van der Waals surface area contributed by atoms with Gasteiger partial charge in [0, 0.05) is 17.1 Å². The summed E-state index contributed by atoms with van der Waals surface area (Å²) in [4.78, 5) is 2.42. The molecule has 0 saturated carbocycles. The van der Waals surface area contributed by atoms with Gasteiger partial charge in [-0.25, -0.2) is 0 Å². The maximum atomic E-state index is 2.42. The highest BCUT2D eigenvalue weighted by Crippen LogP contribution is 2.47. The minimum absolute atomic E-state index is 1.09. The minimum atomic E-state index is 1.09. The molecular weight excluding hydrogens is 783 g/mol. The van der Waals surface area contributed by atoms with Gasteiger partial charge < -0.3 is 4.90 Å². The third kappa shape index (κ3) is 7.10. The molecule has 0 atom stereocenters. The molecular formula is C64H43N. The van der Waals surface area contributed by atoms with Gasteiger partial charge in [-0.1, -0.05) is 212 Å². The van der Waals surface area contributed by atoms with Crippen LogP contribution in [0.5, 0.6) is 0 Å². The van der Waals surface area contributed by atoms with Crippen molar-refractivity contribution in [2.24, 2.45) is 0 Å². The molecule has 0 aliphatic carbocycles. The van der Waals surface area contributed by atoms with E-state index in [0.29, 0.717) is 0 Å². The highest BCUT2D eigenvalue weighted by Gasteiger charge is 2.21. The average Bonchev–Trinajstić information content (AvgIpc) is 3.39. The van der Waals surface area contributed by atoms with Crippen LogP contribution in [0.1, 0.15) is 0 Å². The molecule has 0 fully saturated rings. The molecule has 0 heterocycles. The lowest BCUT2D eigenvalue weighted by Crippen LogP contribution is -2.10. The molecule has 1 nitrogen and oxygen atoms in total. The van der Waals surface area contributed by atoms with Crippen molar-refractivity contribution >= 4 is 60.2 Å². The van der Waals surface area contributed by atoms with Gasteiger partial charge in [0.25, 0.3) is 0 Å². The van der Waals surface area contributed by atoms with Crippen LogP contribution in [-0.2, 0) is 0 Å². The summed E-state index contributed by atoms with van der Waals surface area (Å²) >= 11 is 0. The zero-order valence-electron chi connectivity index (χ0n) is 35.8. The van der Waals surface area contributed by atoms with Crippen molar-refractivity contribution in [2.45, 2.75) is 0 Å². The molecule has 0 N–H and O–H groups in total. The van der Waals surface area contributed by atoms with Crippen LogP contribution >= 0.6 is 0 Å². The predicted molar refractivity (Wildman–Crippen MR) is 278 cm³/mol. The van der Waals surface area contributed by atoms with Crippen LogP contribution in [0.15, 0.2) is 261 Å². The third-order valence-electron chi connectivity index (χ3n) is 13.0. The summed E-state index contributed by atoms with van der Waals surface area (Å²) in [6.45, 7) is 0. The van der Waals surface area contributed by atoms with E-state index in [4.69, 9.17) is 0 Å². The topological polar surface area (TPSA) is 3.24 Å². The van der Waals surface area contributed by atoms with Gasteiger partial charge >= 0.3 is 0 Å². The molecule has 0 aliphatic heterocycles. The summed E-state index contributed by atoms with van der Waals surface area (Å²) in [5, 5.41) is 9.92. The number of hydrogen-bond donors (Lipinski definition) is 0. The monoisotopic (exact) mass is 825 g/mol. The van der Waals surface area contributed by atoms with Gasteiger partial charge in [-0.3, -0.25) is 0 Å². The maximum absolute atomic E-state index is 2.42. The van der Waals surface area contributed by atoms with Crippen LogP contribution in [-0.4, -0.2) is 0 Å². The fourth-order valence-electron chi connectivity index (χ4n) is 9.80. The fourth-order valence-corrected chi connectivity index (χ4v) is 9.80. The van der Waals surface area contributed by atoms with E-state index in [9.17, 15) is 0 Å². The smallest absolute Gasteiger partial charge is 0.0468 e. The molecule has 0 saturated heterocycles. The van der Waals surface area contributed by atoms with Crippen LogP contribution in [0, 0.1) is 0 Å². The van der Waals surface area contributed by atoms with E-state index in [1.165, 1.54) is 98.7 Å². The van der Waals surface area contributed by atoms with Crippen LogP contribution in [0.2, 0.25) is 0 Å². The third-order valence-corrected chi connectivity index (χ3v) is 13.0. The molecule has 12 aromatic carbocycles. The maximum Gasteiger partial charge on any atom is 0.0468 e. The Bertz CT molecular complexity index is 3680. The Kier molecular flexibility index (Phi) is 9.58. The minimum Gasteiger partial charge on any atom is -0.310 e. The summed E-state index contributed by atoms with van der Waals surface area (Å²) in [7, 11) is 0. The fraction of sp³-hybridized carbons (Fsp3) is 0. The van der Waals surface area contributed by atoms with E-state index in [-0.39, 0.29) is 0 Å². The molecule has 0 radical (unpaired) electrons. The van der Waals surface area contributed by atoms with Crippen molar-refractivity contribution in [3.8, 4) is 55.6 Å². The second-order valence-corrected chi connectivity index (χ2v) is 16.9. The molecule has 0 amide bonds. The molecule has 12 aromatic rings. The summed E-state index contributed by atoms with van der Waals surface area (Å²) < 4.78 is 0. The summed E-state index contributed by atoms with van der Waals surface area (Å²) in [6, 6.07) is 95.4. The molecule has 12 rings (SSSR count). The Balaban J connectivity index is 1.02. The number of fused-ring (bicyclic) bond motifs is 5. The van der Waals surface area contributed by atoms with Crippen LogP contribution in [0.4, 0.5) is 17.1 Å². The Hall–Kier alpha value is -8.52. The van der Waals surface area contributed by atoms with E-state index in [1.807, 2.05) is 0 Å². The standard InChI is InChI=1S/C64H43N/c1-3-16-49(17-4-1)63-61-25-12-11-24-59(61)60-39-38-58(43-62(60)64(63)50-18-5-2-6-19-50)65(57-23-13-22-53(42-57)55-33-31-45-15-8-10-21-52(45)41-55)56-36-34-47(35-37-56)46-26-28-48(29-27-46)54-32-30-44-14-7-9-20-51(44)40-54/h1-43H. The zero-order valence-corrected chi connectivity index (χ0v) is 35.8. The normalized spacial score (nSPS) is 11.4. The van der Waals surface area contributed by atoms with Crippen molar-refractivity contribution in [3.63, 3.8) is 0 Å². The van der Waals surface area contributed by atoms with E-state index < -0.39 is 0 Å². The second-order valence-electron chi connectivity index (χ2n) is 16.9. The second kappa shape index (κ2) is 16.3. The van der Waals surface area contributed by atoms with Gasteiger partial charge in [-0.05, 0) is 147 Å². The summed E-state index contributed by atoms with van der Waals surface area (Å²) in [5.41, 5.74) is 15.3. The van der Waals surface area contributed by atoms with Crippen LogP contribution in [0.3, 0.4) is 0 Å². The molecule has 304 valence electrons. The first-order chi connectivity index (χ1) is 32.2. The number of anilines is 3. The predicted octanol–water partition coefficient (Wildman–Crippen LogP) is 18.1. The lowest BCUT2D eigenvalue weighted by Gasteiger charge is -2.27. The van der Waals surface area contributed by atoms with E-state index in [1.54, 1.807) is 0 Å². The van der Waals surface area contributed by atoms with Gasteiger partial charge in [0.05, 0.1) is 0 Å². The zero-order chi connectivity index (χ0) is 43.1. The molecule has 0 unspecified atom stereocenters. The molecule has 1 heteroatoms. The van der Waals surface area contributed by atoms with Crippen molar-refractivity contribution in [1.29, 1.82) is 0 Å². The Morgan fingerprint density at radius 1 is 0.185 bits per heavy atom. The lowest BCUT2D eigenvalue weighted by molar-refractivity contribution is 1.29. The van der Waals surface area contributed by atoms with Crippen molar-refractivity contribution in [3.05, 3.63) is 261 Å². The summed E-state index contributed by atoms with van der Waals surface area (Å²) in [5.74, 6) is 0. The van der Waals surface area contributed by atoms with Gasteiger partial charge in [-0.2, -0.15) is 0 Å². The SMILES string of the molecule is c1ccc(-c2c(-c3ccccc3)c3cc(N(c4ccc(-c5ccc(-c6ccc7ccccc7c6)cc5)cc4)c4cccc(-c5ccc6ccccc6c5)c4)ccc3c3ccccc23)cc1. The highest BCUT2D eigenvalue weighted by atomic mass is 15.1. The number of nitrogens with zero attached hydrogens (tertiary/aromatic N) is 1. The molecule has 0 bridgehead atoms. The van der Waals surface area contributed by atoms with E-state index in [0.717, 1.165) is 17.1 Å². The Morgan fingerprint density at radius 2 is 0.585 bits per heavy atom. The molecule has 0 spiro atoms. The number of rotatable bonds is 8. The van der Waals surface area contributed by atoms with Gasteiger partial charge in [-0.15, -0.1) is 0 Å². The molecule has 0 aliphatic rings. The number of hydrogen-bond acceptors (Lipinski definition) is 1. The van der Waals surface area contributed by atoms with Gasteiger partial charge in [0.1, 0.15) is 0 Å². The van der Waals surface area contributed by atoms with Gasteiger partial charge in [0.15, 0.2) is 0 Å².